The van der Waals surface area contributed by atoms with Crippen LogP contribution in [0.1, 0.15) is 40.2 Å². The first kappa shape index (κ1) is 25.8. The number of halogens is 1. The molecule has 0 aliphatic carbocycles. The molecule has 2 heterocycles. The third-order valence-corrected chi connectivity index (χ3v) is 3.83. The van der Waals surface area contributed by atoms with Gasteiger partial charge in [-0.2, -0.15) is 25.2 Å². The third-order valence-electron chi connectivity index (χ3n) is 3.61. The van der Waals surface area contributed by atoms with E-state index in [1.165, 1.54) is 7.11 Å². The van der Waals surface area contributed by atoms with Crippen LogP contribution in [0, 0.1) is 11.5 Å². The van der Waals surface area contributed by atoms with Gasteiger partial charge in [-0.25, -0.2) is 4.98 Å². The van der Waals surface area contributed by atoms with Crippen LogP contribution < -0.4 is 15.4 Å². The second kappa shape index (κ2) is 13.2. The number of ether oxygens (including phenoxy) is 1. The average molecular weight is 448 g/mol. The van der Waals surface area contributed by atoms with Gasteiger partial charge in [0.1, 0.15) is 11.0 Å². The lowest BCUT2D eigenvalue weighted by Gasteiger charge is -2.17. The second-order valence-corrected chi connectivity index (χ2v) is 7.56. The highest BCUT2D eigenvalue weighted by Gasteiger charge is 2.08. The fourth-order valence-corrected chi connectivity index (χ4v) is 2.25. The standard InChI is InChI=1S/C10H11ClN4.C10H19N5O/c1-8(14-7-12)15(2)6-9-3-4-10(11)13-5-9;1-6(2)11-8-13-9(12-7(3)4)15-10(14-8)16-5/h3-5H,6H2,1-2H3;6-7H,1-5H3,(H2,11,12,13,14,15)/b14-8+;. The van der Waals surface area contributed by atoms with Gasteiger partial charge < -0.3 is 20.3 Å². The summed E-state index contributed by atoms with van der Waals surface area (Å²) in [7, 11) is 3.40. The summed E-state index contributed by atoms with van der Waals surface area (Å²) in [6.45, 7) is 10.5. The molecule has 2 N–H and O–H groups in total. The van der Waals surface area contributed by atoms with E-state index in [2.05, 4.69) is 35.6 Å². The number of aromatic nitrogens is 4. The lowest BCUT2D eigenvalue weighted by atomic mass is 10.3. The number of nitriles is 1. The molecule has 0 atom stereocenters. The molecule has 31 heavy (non-hydrogen) atoms. The SMILES string of the molecule is C/C(=N\C#N)N(C)Cc1ccc(Cl)nc1.COc1nc(NC(C)C)nc(NC(C)C)n1. The molecule has 0 bridgehead atoms. The zero-order valence-corrected chi connectivity index (χ0v) is 19.8. The molecule has 11 heteroatoms. The molecule has 0 aliphatic heterocycles. The van der Waals surface area contributed by atoms with E-state index in [1.54, 1.807) is 25.4 Å². The van der Waals surface area contributed by atoms with Gasteiger partial charge in [-0.05, 0) is 46.2 Å². The summed E-state index contributed by atoms with van der Waals surface area (Å²) in [4.78, 5) is 21.9. The number of anilines is 2. The molecule has 10 nitrogen and oxygen atoms in total. The van der Waals surface area contributed by atoms with Crippen molar-refractivity contribution in [1.82, 2.24) is 24.8 Å². The summed E-state index contributed by atoms with van der Waals surface area (Å²) in [6.07, 6.45) is 3.46. The topological polar surface area (TPSA) is 124 Å². The molecule has 0 radical (unpaired) electrons. The summed E-state index contributed by atoms with van der Waals surface area (Å²) in [5, 5.41) is 15.1. The first-order valence-electron chi connectivity index (χ1n) is 9.72. The van der Waals surface area contributed by atoms with E-state index in [0.717, 1.165) is 5.56 Å². The van der Waals surface area contributed by atoms with Gasteiger partial charge in [0.2, 0.25) is 18.1 Å². The predicted octanol–water partition coefficient (Wildman–Crippen LogP) is 3.59. The van der Waals surface area contributed by atoms with Crippen LogP contribution in [0.5, 0.6) is 6.01 Å². The fourth-order valence-electron chi connectivity index (χ4n) is 2.14. The molecule has 0 saturated heterocycles. The summed E-state index contributed by atoms with van der Waals surface area (Å²) < 4.78 is 5.02. The van der Waals surface area contributed by atoms with Crippen molar-refractivity contribution in [2.24, 2.45) is 4.99 Å². The van der Waals surface area contributed by atoms with Gasteiger partial charge in [-0.15, -0.1) is 0 Å². The Labute approximate surface area is 188 Å². The zero-order chi connectivity index (χ0) is 23.4. The molecule has 0 spiro atoms. The summed E-state index contributed by atoms with van der Waals surface area (Å²) in [5.74, 6) is 1.71. The van der Waals surface area contributed by atoms with Crippen LogP contribution in [0.25, 0.3) is 0 Å². The number of pyridine rings is 1. The molecule has 2 aromatic heterocycles. The number of nitrogens with zero attached hydrogens (tertiary/aromatic N) is 7. The molecule has 0 amide bonds. The van der Waals surface area contributed by atoms with E-state index in [0.29, 0.717) is 35.4 Å². The number of rotatable bonds is 7. The Kier molecular flexibility index (Phi) is 11.0. The normalized spacial score (nSPS) is 10.8. The summed E-state index contributed by atoms with van der Waals surface area (Å²) in [5.41, 5.74) is 1.02. The van der Waals surface area contributed by atoms with E-state index in [4.69, 9.17) is 21.6 Å². The highest BCUT2D eigenvalue weighted by atomic mass is 35.5. The molecule has 0 saturated carbocycles. The van der Waals surface area contributed by atoms with E-state index in [-0.39, 0.29) is 12.1 Å². The molecule has 0 aliphatic rings. The largest absolute Gasteiger partial charge is 0.467 e. The number of amidine groups is 1. The molecule has 2 aromatic rings. The van der Waals surface area contributed by atoms with Gasteiger partial charge in [-0.3, -0.25) is 0 Å². The van der Waals surface area contributed by atoms with Crippen LogP contribution in [0.15, 0.2) is 23.3 Å². The minimum atomic E-state index is 0.263. The smallest absolute Gasteiger partial charge is 0.322 e. The maximum Gasteiger partial charge on any atom is 0.322 e. The van der Waals surface area contributed by atoms with Crippen molar-refractivity contribution in [3.63, 3.8) is 0 Å². The van der Waals surface area contributed by atoms with E-state index >= 15 is 0 Å². The molecular weight excluding hydrogens is 418 g/mol. The first-order chi connectivity index (χ1) is 14.6. The first-order valence-corrected chi connectivity index (χ1v) is 10.1. The van der Waals surface area contributed by atoms with Gasteiger partial charge in [0.15, 0.2) is 0 Å². The van der Waals surface area contributed by atoms with E-state index < -0.39 is 0 Å². The lowest BCUT2D eigenvalue weighted by Crippen LogP contribution is -2.23. The van der Waals surface area contributed by atoms with Crippen LogP contribution in [-0.4, -0.2) is 56.9 Å². The second-order valence-electron chi connectivity index (χ2n) is 7.17. The number of aliphatic imine (C=N–C) groups is 1. The van der Waals surface area contributed by atoms with Crippen LogP contribution in [0.2, 0.25) is 5.15 Å². The number of hydrogen-bond acceptors (Lipinski definition) is 9. The average Bonchev–Trinajstić information content (AvgIpc) is 2.69. The van der Waals surface area contributed by atoms with Crippen LogP contribution in [0.3, 0.4) is 0 Å². The van der Waals surface area contributed by atoms with Crippen molar-refractivity contribution in [2.75, 3.05) is 24.8 Å². The number of hydrogen-bond donors (Lipinski definition) is 2. The summed E-state index contributed by atoms with van der Waals surface area (Å²) in [6, 6.07) is 4.46. The number of nitrogens with one attached hydrogen (secondary N) is 2. The van der Waals surface area contributed by atoms with Crippen LogP contribution in [0.4, 0.5) is 11.9 Å². The third kappa shape index (κ3) is 10.4. The quantitative estimate of drug-likeness (QED) is 0.283. The van der Waals surface area contributed by atoms with Crippen molar-refractivity contribution in [1.29, 1.82) is 5.26 Å². The molecule has 0 fully saturated rings. The highest BCUT2D eigenvalue weighted by molar-refractivity contribution is 6.29. The van der Waals surface area contributed by atoms with Crippen molar-refractivity contribution in [3.05, 3.63) is 29.0 Å². The van der Waals surface area contributed by atoms with Gasteiger partial charge in [0.25, 0.3) is 0 Å². The van der Waals surface area contributed by atoms with Gasteiger partial charge in [-0.1, -0.05) is 17.7 Å². The fraction of sp³-hybridized carbons (Fsp3) is 0.500. The minimum absolute atomic E-state index is 0.263. The van der Waals surface area contributed by atoms with E-state index in [1.807, 2.05) is 45.7 Å². The van der Waals surface area contributed by atoms with Gasteiger partial charge >= 0.3 is 6.01 Å². The van der Waals surface area contributed by atoms with E-state index in [9.17, 15) is 0 Å². The monoisotopic (exact) mass is 447 g/mol. The maximum absolute atomic E-state index is 8.39. The predicted molar refractivity (Wildman–Crippen MR) is 123 cm³/mol. The lowest BCUT2D eigenvalue weighted by molar-refractivity contribution is 0.379. The molecular formula is C20H30ClN9O. The molecule has 2 rings (SSSR count). The van der Waals surface area contributed by atoms with Crippen molar-refractivity contribution >= 4 is 29.3 Å². The molecule has 168 valence electrons. The Morgan fingerprint density at radius 3 is 2.16 bits per heavy atom. The Morgan fingerprint density at radius 1 is 1.16 bits per heavy atom. The minimum Gasteiger partial charge on any atom is -0.467 e. The molecule has 0 unspecified atom stereocenters. The maximum atomic E-state index is 8.39. The Hall–Kier alpha value is -3.19. The Morgan fingerprint density at radius 2 is 1.74 bits per heavy atom. The van der Waals surface area contributed by atoms with Gasteiger partial charge in [0, 0.05) is 31.9 Å². The molecule has 0 aromatic carbocycles. The summed E-state index contributed by atoms with van der Waals surface area (Å²) >= 11 is 5.67. The van der Waals surface area contributed by atoms with Crippen molar-refractivity contribution in [3.8, 4) is 12.2 Å². The van der Waals surface area contributed by atoms with Crippen LogP contribution in [-0.2, 0) is 6.54 Å². The van der Waals surface area contributed by atoms with Crippen LogP contribution >= 0.6 is 11.6 Å². The zero-order valence-electron chi connectivity index (χ0n) is 19.0. The van der Waals surface area contributed by atoms with Gasteiger partial charge in [0.05, 0.1) is 7.11 Å². The Bertz CT molecular complexity index is 851. The Balaban J connectivity index is 0.000000311. The van der Waals surface area contributed by atoms with Crippen molar-refractivity contribution in [2.45, 2.75) is 53.2 Å². The number of methoxy groups -OCH3 is 1. The highest BCUT2D eigenvalue weighted by Crippen LogP contribution is 2.12. The van der Waals surface area contributed by atoms with Crippen molar-refractivity contribution < 1.29 is 4.74 Å².